The maximum atomic E-state index is 13.3. The minimum absolute atomic E-state index is 0.00602. The normalized spacial score (nSPS) is 12.6. The molecule has 8 nitrogen and oxygen atoms in total. The van der Waals surface area contributed by atoms with Gasteiger partial charge in [0.25, 0.3) is 0 Å². The molecule has 190 valence electrons. The van der Waals surface area contributed by atoms with Crippen LogP contribution in [0.2, 0.25) is 0 Å². The molecular weight excluding hydrogens is 501 g/mol. The molecule has 2 N–H and O–H groups in total. The third-order valence-electron chi connectivity index (χ3n) is 5.43. The number of thiazole rings is 1. The molecule has 0 aliphatic rings. The third kappa shape index (κ3) is 6.10. The Balaban J connectivity index is 1.54. The Morgan fingerprint density at radius 1 is 1.17 bits per heavy atom. The summed E-state index contributed by atoms with van der Waals surface area (Å²) in [6, 6.07) is 9.93. The van der Waals surface area contributed by atoms with Gasteiger partial charge in [0.05, 0.1) is 41.4 Å². The molecule has 0 unspecified atom stereocenters. The van der Waals surface area contributed by atoms with Crippen molar-refractivity contribution in [3.05, 3.63) is 77.6 Å². The molecule has 0 aliphatic carbocycles. The van der Waals surface area contributed by atoms with E-state index >= 15 is 0 Å². The van der Waals surface area contributed by atoms with Crippen LogP contribution in [0, 0.1) is 18.7 Å². The maximum Gasteiger partial charge on any atom is 0.241 e. The number of hydrogen-bond acceptors (Lipinski definition) is 7. The number of benzene rings is 2. The van der Waals surface area contributed by atoms with E-state index in [9.17, 15) is 12.8 Å². The largest absolute Gasteiger partial charge is 0.494 e. The zero-order chi connectivity index (χ0) is 25.9. The lowest BCUT2D eigenvalue weighted by molar-refractivity contribution is 0.413. The van der Waals surface area contributed by atoms with Crippen LogP contribution in [-0.2, 0) is 10.0 Å². The second-order valence-electron chi connectivity index (χ2n) is 8.77. The highest BCUT2D eigenvalue weighted by Crippen LogP contribution is 2.32. The van der Waals surface area contributed by atoms with Crippen LogP contribution in [0.4, 0.5) is 15.2 Å². The van der Waals surface area contributed by atoms with Crippen molar-refractivity contribution in [3.8, 4) is 11.4 Å². The predicted octanol–water partition coefficient (Wildman–Crippen LogP) is 5.59. The molecule has 0 saturated heterocycles. The van der Waals surface area contributed by atoms with Crippen LogP contribution in [0.15, 0.2) is 65.3 Å². The molecule has 4 rings (SSSR count). The van der Waals surface area contributed by atoms with Crippen LogP contribution in [-0.4, -0.2) is 30.1 Å². The first-order valence-electron chi connectivity index (χ1n) is 11.3. The van der Waals surface area contributed by atoms with Crippen LogP contribution in [0.25, 0.3) is 5.69 Å². The Kier molecular flexibility index (Phi) is 7.72. The van der Waals surface area contributed by atoms with E-state index in [0.717, 1.165) is 29.2 Å². The minimum Gasteiger partial charge on any atom is -0.494 e. The van der Waals surface area contributed by atoms with Crippen LogP contribution >= 0.6 is 11.3 Å². The van der Waals surface area contributed by atoms with Crippen molar-refractivity contribution < 1.29 is 17.5 Å². The number of rotatable bonds is 10. The number of hydrogen-bond donors (Lipinski definition) is 2. The molecule has 0 radical (unpaired) electrons. The van der Waals surface area contributed by atoms with Crippen molar-refractivity contribution >= 4 is 32.2 Å². The van der Waals surface area contributed by atoms with Gasteiger partial charge in [-0.3, -0.25) is 0 Å². The van der Waals surface area contributed by atoms with Crippen LogP contribution in [0.5, 0.6) is 5.75 Å². The van der Waals surface area contributed by atoms with E-state index in [1.54, 1.807) is 13.4 Å². The quantitative estimate of drug-likeness (QED) is 0.278. The fourth-order valence-electron chi connectivity index (χ4n) is 3.72. The smallest absolute Gasteiger partial charge is 0.241 e. The Morgan fingerprint density at radius 2 is 1.92 bits per heavy atom. The van der Waals surface area contributed by atoms with Gasteiger partial charge >= 0.3 is 0 Å². The molecule has 2 heterocycles. The van der Waals surface area contributed by atoms with E-state index < -0.39 is 21.9 Å². The van der Waals surface area contributed by atoms with E-state index in [-0.39, 0.29) is 10.8 Å². The average Bonchev–Trinajstić information content (AvgIpc) is 3.47. The highest BCUT2D eigenvalue weighted by atomic mass is 32.2. The first kappa shape index (κ1) is 25.8. The second-order valence-corrected chi connectivity index (χ2v) is 11.3. The van der Waals surface area contributed by atoms with Gasteiger partial charge in [-0.05, 0) is 55.7 Å². The zero-order valence-corrected chi connectivity index (χ0v) is 22.0. The molecule has 0 saturated carbocycles. The monoisotopic (exact) mass is 529 g/mol. The molecule has 0 amide bonds. The lowest BCUT2D eigenvalue weighted by Gasteiger charge is -2.19. The molecule has 0 spiro atoms. The summed E-state index contributed by atoms with van der Waals surface area (Å²) >= 11 is 1.38. The van der Waals surface area contributed by atoms with Gasteiger partial charge in [0.15, 0.2) is 5.13 Å². The van der Waals surface area contributed by atoms with E-state index in [0.29, 0.717) is 23.0 Å². The van der Waals surface area contributed by atoms with Gasteiger partial charge in [-0.15, -0.1) is 11.3 Å². The number of aryl methyl sites for hydroxylation is 1. The minimum atomic E-state index is -3.85. The first-order valence-corrected chi connectivity index (χ1v) is 13.7. The molecule has 36 heavy (non-hydrogen) atoms. The Morgan fingerprint density at radius 3 is 2.56 bits per heavy atom. The van der Waals surface area contributed by atoms with Crippen LogP contribution in [0.3, 0.4) is 0 Å². The highest BCUT2D eigenvalue weighted by molar-refractivity contribution is 7.89. The highest BCUT2D eigenvalue weighted by Gasteiger charge is 2.24. The van der Waals surface area contributed by atoms with Gasteiger partial charge in [0.1, 0.15) is 11.6 Å². The van der Waals surface area contributed by atoms with E-state index in [4.69, 9.17) is 4.74 Å². The fourth-order valence-corrected chi connectivity index (χ4v) is 5.72. The number of halogens is 1. The standard InChI is InChI=1S/C25H28FN5O3S2/c1-16(2)11-21(30-36(32,33)20-8-5-18(26)6-9-20)22-14-35-25(29-22)28-19-7-10-23(24(12-19)34-4)31-13-17(3)27-15-31/h5-10,12-16,21,30H,11H2,1-4H3,(H,28,29)/t21-/m0/s1. The number of aromatic nitrogens is 3. The predicted molar refractivity (Wildman–Crippen MR) is 139 cm³/mol. The summed E-state index contributed by atoms with van der Waals surface area (Å²) in [6.07, 6.45) is 4.20. The summed E-state index contributed by atoms with van der Waals surface area (Å²) in [5, 5.41) is 5.73. The van der Waals surface area contributed by atoms with Crippen molar-refractivity contribution in [3.63, 3.8) is 0 Å². The van der Waals surface area contributed by atoms with Crippen molar-refractivity contribution in [1.82, 2.24) is 19.3 Å². The summed E-state index contributed by atoms with van der Waals surface area (Å²) in [7, 11) is -2.25. The zero-order valence-electron chi connectivity index (χ0n) is 20.4. The van der Waals surface area contributed by atoms with Gasteiger partial charge in [0.2, 0.25) is 10.0 Å². The van der Waals surface area contributed by atoms with Crippen molar-refractivity contribution in [2.24, 2.45) is 5.92 Å². The van der Waals surface area contributed by atoms with Gasteiger partial charge < -0.3 is 14.6 Å². The molecule has 1 atom stereocenters. The van der Waals surface area contributed by atoms with Crippen LogP contribution in [0.1, 0.15) is 37.7 Å². The molecule has 2 aromatic heterocycles. The van der Waals surface area contributed by atoms with Crippen LogP contribution < -0.4 is 14.8 Å². The summed E-state index contributed by atoms with van der Waals surface area (Å²) in [4.78, 5) is 8.93. The van der Waals surface area contributed by atoms with Crippen molar-refractivity contribution in [2.75, 3.05) is 12.4 Å². The fraction of sp³-hybridized carbons (Fsp3) is 0.280. The molecule has 4 aromatic rings. The van der Waals surface area contributed by atoms with E-state index in [1.807, 2.05) is 55.1 Å². The summed E-state index contributed by atoms with van der Waals surface area (Å²) in [5.41, 5.74) is 3.15. The number of sulfonamides is 1. The SMILES string of the molecule is COc1cc(Nc2nc([C@H](CC(C)C)NS(=O)(=O)c3ccc(F)cc3)cs2)ccc1-n1cnc(C)c1. The van der Waals surface area contributed by atoms with Crippen molar-refractivity contribution in [1.29, 1.82) is 0 Å². The summed E-state index contributed by atoms with van der Waals surface area (Å²) in [6.45, 7) is 5.95. The molecule has 0 aliphatic heterocycles. The molecule has 0 bridgehead atoms. The van der Waals surface area contributed by atoms with Gasteiger partial charge in [-0.2, -0.15) is 0 Å². The van der Waals surface area contributed by atoms with E-state index in [1.165, 1.54) is 23.5 Å². The second kappa shape index (κ2) is 10.8. The van der Waals surface area contributed by atoms with E-state index in [2.05, 4.69) is 20.0 Å². The summed E-state index contributed by atoms with van der Waals surface area (Å²) in [5.74, 6) is 0.388. The Labute approximate surface area is 214 Å². The number of anilines is 2. The molecule has 0 fully saturated rings. The number of ether oxygens (including phenoxy) is 1. The molecule has 2 aromatic carbocycles. The molecule has 11 heteroatoms. The average molecular weight is 530 g/mol. The summed E-state index contributed by atoms with van der Waals surface area (Å²) < 4.78 is 49.3. The number of methoxy groups -OCH3 is 1. The topological polar surface area (TPSA) is 98.1 Å². The Bertz CT molecular complexity index is 1430. The first-order chi connectivity index (χ1) is 17.1. The molecular formula is C25H28FN5O3S2. The number of imidazole rings is 1. The van der Waals surface area contributed by atoms with Crippen molar-refractivity contribution in [2.45, 2.75) is 38.1 Å². The number of nitrogens with one attached hydrogen (secondary N) is 2. The van der Waals surface area contributed by atoms with Gasteiger partial charge in [0, 0.05) is 23.3 Å². The lowest BCUT2D eigenvalue weighted by Crippen LogP contribution is -2.30. The van der Waals surface area contributed by atoms with Gasteiger partial charge in [-0.25, -0.2) is 27.5 Å². The lowest BCUT2D eigenvalue weighted by atomic mass is 10.0. The Hall–Kier alpha value is -3.28. The maximum absolute atomic E-state index is 13.3. The third-order valence-corrected chi connectivity index (χ3v) is 7.69. The number of nitrogens with zero attached hydrogens (tertiary/aromatic N) is 3. The van der Waals surface area contributed by atoms with Gasteiger partial charge in [-0.1, -0.05) is 13.8 Å².